The van der Waals surface area contributed by atoms with Gasteiger partial charge in [0.1, 0.15) is 0 Å². The predicted octanol–water partition coefficient (Wildman–Crippen LogP) is 4.13. The molecule has 9 heteroatoms. The molecule has 1 atom stereocenters. The standard InChI is InChI=1S/C25H23ClN2O5S/c1-17(18-9-11-21(26)12-10-18)27-24(29)16-33-25(30)20-6-4-7-22(15-20)34(31,32)28-14-13-19-5-2-3-8-23(19)28/h2-12,15,17H,13-14,16H2,1H3,(H,27,29). The monoisotopic (exact) mass is 498 g/mol. The van der Waals surface area contributed by atoms with Gasteiger partial charge in [-0.05, 0) is 60.9 Å². The molecule has 3 aromatic carbocycles. The summed E-state index contributed by atoms with van der Waals surface area (Å²) in [7, 11) is -3.85. The number of fused-ring (bicyclic) bond motifs is 1. The fraction of sp³-hybridized carbons (Fsp3) is 0.200. The molecule has 1 amide bonds. The van der Waals surface area contributed by atoms with E-state index in [0.717, 1.165) is 11.1 Å². The number of nitrogens with one attached hydrogen (secondary N) is 1. The number of para-hydroxylation sites is 1. The molecule has 176 valence electrons. The van der Waals surface area contributed by atoms with E-state index in [4.69, 9.17) is 16.3 Å². The van der Waals surface area contributed by atoms with Crippen LogP contribution in [0.25, 0.3) is 0 Å². The lowest BCUT2D eigenvalue weighted by Gasteiger charge is -2.20. The summed E-state index contributed by atoms with van der Waals surface area (Å²) in [6.07, 6.45) is 0.626. The lowest BCUT2D eigenvalue weighted by atomic mass is 10.1. The van der Waals surface area contributed by atoms with E-state index < -0.39 is 28.5 Å². The van der Waals surface area contributed by atoms with Crippen LogP contribution in [0.3, 0.4) is 0 Å². The molecule has 1 unspecified atom stereocenters. The van der Waals surface area contributed by atoms with Crippen molar-refractivity contribution < 1.29 is 22.7 Å². The number of amides is 1. The molecule has 0 bridgehead atoms. The molecule has 0 aliphatic carbocycles. The highest BCUT2D eigenvalue weighted by molar-refractivity contribution is 7.92. The molecule has 0 saturated heterocycles. The van der Waals surface area contributed by atoms with Crippen LogP contribution in [-0.4, -0.2) is 33.4 Å². The van der Waals surface area contributed by atoms with Crippen molar-refractivity contribution in [3.8, 4) is 0 Å². The van der Waals surface area contributed by atoms with Crippen molar-refractivity contribution in [2.45, 2.75) is 24.3 Å². The third-order valence-electron chi connectivity index (χ3n) is 5.58. The van der Waals surface area contributed by atoms with Crippen LogP contribution < -0.4 is 9.62 Å². The zero-order chi connectivity index (χ0) is 24.3. The van der Waals surface area contributed by atoms with Gasteiger partial charge in [0.2, 0.25) is 0 Å². The fourth-order valence-electron chi connectivity index (χ4n) is 3.80. The maximum absolute atomic E-state index is 13.2. The number of carbonyl (C=O) groups excluding carboxylic acids is 2. The van der Waals surface area contributed by atoms with E-state index in [9.17, 15) is 18.0 Å². The van der Waals surface area contributed by atoms with Gasteiger partial charge in [-0.2, -0.15) is 0 Å². The first-order valence-electron chi connectivity index (χ1n) is 10.7. The van der Waals surface area contributed by atoms with Gasteiger partial charge >= 0.3 is 5.97 Å². The van der Waals surface area contributed by atoms with Crippen molar-refractivity contribution in [1.29, 1.82) is 0 Å². The largest absolute Gasteiger partial charge is 0.452 e. The highest BCUT2D eigenvalue weighted by Gasteiger charge is 2.31. The van der Waals surface area contributed by atoms with Crippen LogP contribution in [0.5, 0.6) is 0 Å². The van der Waals surface area contributed by atoms with Crippen molar-refractivity contribution in [2.75, 3.05) is 17.5 Å². The minimum Gasteiger partial charge on any atom is -0.452 e. The molecular weight excluding hydrogens is 476 g/mol. The van der Waals surface area contributed by atoms with Gasteiger partial charge in [0, 0.05) is 11.6 Å². The van der Waals surface area contributed by atoms with E-state index in [0.29, 0.717) is 23.7 Å². The first-order valence-corrected chi connectivity index (χ1v) is 12.5. The lowest BCUT2D eigenvalue weighted by Crippen LogP contribution is -2.31. The van der Waals surface area contributed by atoms with Crippen LogP contribution >= 0.6 is 11.6 Å². The summed E-state index contributed by atoms with van der Waals surface area (Å²) in [5.41, 5.74) is 2.50. The Morgan fingerprint density at radius 1 is 1.06 bits per heavy atom. The first-order chi connectivity index (χ1) is 16.3. The number of sulfonamides is 1. The number of esters is 1. The van der Waals surface area contributed by atoms with Crippen LogP contribution in [0.2, 0.25) is 5.02 Å². The van der Waals surface area contributed by atoms with Crippen LogP contribution in [0.4, 0.5) is 5.69 Å². The Balaban J connectivity index is 1.40. The van der Waals surface area contributed by atoms with Crippen LogP contribution in [0.1, 0.15) is 34.5 Å². The average molecular weight is 499 g/mol. The lowest BCUT2D eigenvalue weighted by molar-refractivity contribution is -0.124. The Bertz CT molecular complexity index is 1330. The Kier molecular flexibility index (Phi) is 6.90. The van der Waals surface area contributed by atoms with Crippen LogP contribution in [-0.2, 0) is 26.0 Å². The summed E-state index contributed by atoms with van der Waals surface area (Å²) >= 11 is 5.88. The van der Waals surface area contributed by atoms with Gasteiger partial charge < -0.3 is 10.1 Å². The van der Waals surface area contributed by atoms with Gasteiger partial charge in [-0.15, -0.1) is 0 Å². The van der Waals surface area contributed by atoms with Crippen molar-refractivity contribution in [1.82, 2.24) is 5.32 Å². The molecular formula is C25H23ClN2O5S. The highest BCUT2D eigenvalue weighted by atomic mass is 35.5. The third-order valence-corrected chi connectivity index (χ3v) is 7.65. The number of carbonyl (C=O) groups is 2. The second-order valence-electron chi connectivity index (χ2n) is 7.90. The van der Waals surface area contributed by atoms with E-state index in [2.05, 4.69) is 5.32 Å². The highest BCUT2D eigenvalue weighted by Crippen LogP contribution is 2.32. The molecule has 1 aliphatic rings. The maximum atomic E-state index is 13.2. The van der Waals surface area contributed by atoms with Crippen LogP contribution in [0, 0.1) is 0 Å². The molecule has 0 saturated carbocycles. The molecule has 3 aromatic rings. The molecule has 1 N–H and O–H groups in total. The predicted molar refractivity (Wildman–Crippen MR) is 129 cm³/mol. The molecule has 1 heterocycles. The van der Waals surface area contributed by atoms with Gasteiger partial charge in [0.25, 0.3) is 15.9 Å². The molecule has 0 fully saturated rings. The summed E-state index contributed by atoms with van der Waals surface area (Å²) in [5, 5.41) is 3.33. The van der Waals surface area contributed by atoms with Gasteiger partial charge in [0.15, 0.2) is 6.61 Å². The molecule has 0 spiro atoms. The molecule has 0 radical (unpaired) electrons. The van der Waals surface area contributed by atoms with Crippen molar-refractivity contribution >= 4 is 39.2 Å². The number of hydrogen-bond donors (Lipinski definition) is 1. The second kappa shape index (κ2) is 9.87. The number of anilines is 1. The van der Waals surface area contributed by atoms with Gasteiger partial charge in [0.05, 0.1) is 22.2 Å². The number of nitrogens with zero attached hydrogens (tertiary/aromatic N) is 1. The second-order valence-corrected chi connectivity index (χ2v) is 10.2. The van der Waals surface area contributed by atoms with Crippen molar-refractivity contribution in [3.05, 3.63) is 94.5 Å². The molecule has 7 nitrogen and oxygen atoms in total. The minimum atomic E-state index is -3.85. The number of halogens is 1. The number of hydrogen-bond acceptors (Lipinski definition) is 5. The van der Waals surface area contributed by atoms with E-state index in [1.807, 2.05) is 12.1 Å². The third kappa shape index (κ3) is 5.08. The van der Waals surface area contributed by atoms with Crippen LogP contribution in [0.15, 0.2) is 77.7 Å². The summed E-state index contributed by atoms with van der Waals surface area (Å²) in [6, 6.07) is 19.7. The summed E-state index contributed by atoms with van der Waals surface area (Å²) in [4.78, 5) is 24.7. The number of rotatable bonds is 7. The average Bonchev–Trinajstić information content (AvgIpc) is 3.28. The molecule has 4 rings (SSSR count). The molecule has 1 aliphatic heterocycles. The zero-order valence-electron chi connectivity index (χ0n) is 18.4. The van der Waals surface area contributed by atoms with Gasteiger partial charge in [-0.25, -0.2) is 13.2 Å². The minimum absolute atomic E-state index is 0.0144. The van der Waals surface area contributed by atoms with E-state index in [-0.39, 0.29) is 16.5 Å². The Morgan fingerprint density at radius 3 is 2.56 bits per heavy atom. The summed E-state index contributed by atoms with van der Waals surface area (Å²) in [5.74, 6) is -1.26. The first kappa shape index (κ1) is 23.8. The van der Waals surface area contributed by atoms with Gasteiger partial charge in [-0.3, -0.25) is 9.10 Å². The normalized spacial score (nSPS) is 13.8. The summed E-state index contributed by atoms with van der Waals surface area (Å²) in [6.45, 7) is 1.64. The molecule has 0 aromatic heterocycles. The van der Waals surface area contributed by atoms with Crippen molar-refractivity contribution in [2.24, 2.45) is 0 Å². The molecule has 34 heavy (non-hydrogen) atoms. The Labute approximate surface area is 203 Å². The topological polar surface area (TPSA) is 92.8 Å². The SMILES string of the molecule is CC(NC(=O)COC(=O)c1cccc(S(=O)(=O)N2CCc3ccccc32)c1)c1ccc(Cl)cc1. The van der Waals surface area contributed by atoms with Gasteiger partial charge in [-0.1, -0.05) is 48.0 Å². The Morgan fingerprint density at radius 2 is 1.79 bits per heavy atom. The smallest absolute Gasteiger partial charge is 0.338 e. The van der Waals surface area contributed by atoms with E-state index in [1.54, 1.807) is 43.3 Å². The Hall–Kier alpha value is -3.36. The zero-order valence-corrected chi connectivity index (χ0v) is 20.0. The van der Waals surface area contributed by atoms with Crippen molar-refractivity contribution in [3.63, 3.8) is 0 Å². The summed E-state index contributed by atoms with van der Waals surface area (Å²) < 4.78 is 32.9. The number of benzene rings is 3. The maximum Gasteiger partial charge on any atom is 0.338 e. The quantitative estimate of drug-likeness (QED) is 0.494. The fourth-order valence-corrected chi connectivity index (χ4v) is 5.48. The number of ether oxygens (including phenoxy) is 1. The van der Waals surface area contributed by atoms with E-state index in [1.165, 1.54) is 28.6 Å². The van der Waals surface area contributed by atoms with E-state index >= 15 is 0 Å².